The van der Waals surface area contributed by atoms with Crippen LogP contribution in [0.5, 0.6) is 0 Å². The first kappa shape index (κ1) is 14.3. The quantitative estimate of drug-likeness (QED) is 0.877. The Morgan fingerprint density at radius 2 is 1.82 bits per heavy atom. The minimum atomic E-state index is -4.38. The zero-order valence-electron chi connectivity index (χ0n) is 9.74. The van der Waals surface area contributed by atoms with Crippen molar-refractivity contribution < 1.29 is 13.2 Å². The van der Waals surface area contributed by atoms with Crippen molar-refractivity contribution in [1.82, 2.24) is 0 Å². The zero-order valence-corrected chi connectivity index (χ0v) is 10.5. The van der Waals surface area contributed by atoms with Gasteiger partial charge in [0, 0.05) is 10.6 Å². The van der Waals surface area contributed by atoms with E-state index in [1.165, 1.54) is 12.1 Å². The van der Waals surface area contributed by atoms with Crippen molar-refractivity contribution in [3.63, 3.8) is 0 Å². The Morgan fingerprint density at radius 3 is 2.29 bits per heavy atom. The van der Waals surface area contributed by atoms with Gasteiger partial charge >= 0.3 is 6.18 Å². The molecule has 1 nitrogen and oxygen atoms in total. The number of halogens is 4. The third kappa shape index (κ3) is 4.21. The number of hydrogen-bond acceptors (Lipinski definition) is 1. The Bertz CT molecular complexity index is 394. The summed E-state index contributed by atoms with van der Waals surface area (Å²) in [5.74, 6) is 0. The third-order valence-electron chi connectivity index (χ3n) is 2.44. The van der Waals surface area contributed by atoms with Crippen LogP contribution in [0.15, 0.2) is 18.2 Å². The summed E-state index contributed by atoms with van der Waals surface area (Å²) >= 11 is 5.82. The lowest BCUT2D eigenvalue weighted by molar-refractivity contribution is -0.138. The van der Waals surface area contributed by atoms with Gasteiger partial charge in [-0.3, -0.25) is 0 Å². The van der Waals surface area contributed by atoms with Crippen LogP contribution in [-0.4, -0.2) is 5.54 Å². The molecule has 1 aromatic rings. The molecule has 96 valence electrons. The van der Waals surface area contributed by atoms with Crippen LogP contribution in [0.3, 0.4) is 0 Å². The molecule has 2 N–H and O–H groups in total. The molecule has 0 aliphatic carbocycles. The molecule has 5 heteroatoms. The van der Waals surface area contributed by atoms with Crippen LogP contribution in [0.4, 0.5) is 13.2 Å². The van der Waals surface area contributed by atoms with Crippen LogP contribution >= 0.6 is 11.6 Å². The third-order valence-corrected chi connectivity index (χ3v) is 2.80. The van der Waals surface area contributed by atoms with Crippen LogP contribution < -0.4 is 5.73 Å². The van der Waals surface area contributed by atoms with Gasteiger partial charge in [-0.2, -0.15) is 13.2 Å². The second-order valence-corrected chi connectivity index (χ2v) is 5.16. The summed E-state index contributed by atoms with van der Waals surface area (Å²) in [7, 11) is 0. The molecule has 0 aromatic heterocycles. The fraction of sp³-hybridized carbons (Fsp3) is 0.500. The molecule has 1 rings (SSSR count). The fourth-order valence-corrected chi connectivity index (χ4v) is 1.79. The van der Waals surface area contributed by atoms with Crippen molar-refractivity contribution in [3.8, 4) is 0 Å². The van der Waals surface area contributed by atoms with E-state index in [0.717, 1.165) is 6.07 Å². The molecule has 1 aromatic carbocycles. The number of hydrogen-bond donors (Lipinski definition) is 1. The Balaban J connectivity index is 3.05. The fourth-order valence-electron chi connectivity index (χ4n) is 1.53. The molecule has 0 heterocycles. The smallest absolute Gasteiger partial charge is 0.326 e. The van der Waals surface area contributed by atoms with Gasteiger partial charge in [-0.05, 0) is 44.4 Å². The summed E-state index contributed by atoms with van der Waals surface area (Å²) in [6.07, 6.45) is -3.71. The molecular formula is C12H15ClF3N. The van der Waals surface area contributed by atoms with Gasteiger partial charge in [0.15, 0.2) is 0 Å². The van der Waals surface area contributed by atoms with Crippen molar-refractivity contribution in [3.05, 3.63) is 34.3 Å². The van der Waals surface area contributed by atoms with E-state index in [2.05, 4.69) is 0 Å². The van der Waals surface area contributed by atoms with Gasteiger partial charge in [-0.25, -0.2) is 0 Å². The monoisotopic (exact) mass is 265 g/mol. The molecule has 0 radical (unpaired) electrons. The lowest BCUT2D eigenvalue weighted by Gasteiger charge is -2.20. The summed E-state index contributed by atoms with van der Waals surface area (Å²) in [4.78, 5) is 0. The molecular weight excluding hydrogens is 251 g/mol. The highest BCUT2D eigenvalue weighted by atomic mass is 35.5. The van der Waals surface area contributed by atoms with E-state index in [9.17, 15) is 13.2 Å². The number of benzene rings is 1. The lowest BCUT2D eigenvalue weighted by atomic mass is 9.94. The predicted molar refractivity (Wildman–Crippen MR) is 63.0 cm³/mol. The van der Waals surface area contributed by atoms with Crippen molar-refractivity contribution in [1.29, 1.82) is 0 Å². The van der Waals surface area contributed by atoms with E-state index < -0.39 is 17.3 Å². The molecule has 0 bridgehead atoms. The first-order valence-corrected chi connectivity index (χ1v) is 5.62. The molecule has 17 heavy (non-hydrogen) atoms. The van der Waals surface area contributed by atoms with E-state index >= 15 is 0 Å². The molecule has 0 aliphatic heterocycles. The number of nitrogens with two attached hydrogens (primary N) is 1. The molecule has 0 spiro atoms. The van der Waals surface area contributed by atoms with E-state index in [0.29, 0.717) is 6.42 Å². The first-order valence-electron chi connectivity index (χ1n) is 5.25. The average Bonchev–Trinajstić information content (AvgIpc) is 2.12. The molecule has 0 saturated heterocycles. The van der Waals surface area contributed by atoms with Gasteiger partial charge < -0.3 is 5.73 Å². The van der Waals surface area contributed by atoms with E-state index in [-0.39, 0.29) is 17.0 Å². The van der Waals surface area contributed by atoms with E-state index in [4.69, 9.17) is 17.3 Å². The Kier molecular flexibility index (Phi) is 4.10. The topological polar surface area (TPSA) is 26.0 Å². The normalized spacial score (nSPS) is 12.9. The van der Waals surface area contributed by atoms with Crippen molar-refractivity contribution >= 4 is 11.6 Å². The minimum absolute atomic E-state index is 0.125. The molecule has 0 saturated carbocycles. The van der Waals surface area contributed by atoms with E-state index in [1.807, 2.05) is 0 Å². The first-order chi connectivity index (χ1) is 7.61. The highest BCUT2D eigenvalue weighted by molar-refractivity contribution is 6.31. The molecule has 0 amide bonds. The number of alkyl halides is 3. The maximum absolute atomic E-state index is 12.8. The van der Waals surface area contributed by atoms with Crippen molar-refractivity contribution in [2.24, 2.45) is 5.73 Å². The summed E-state index contributed by atoms with van der Waals surface area (Å²) in [6, 6.07) is 3.82. The van der Waals surface area contributed by atoms with Gasteiger partial charge in [0.05, 0.1) is 5.56 Å². The zero-order chi connectivity index (χ0) is 13.3. The molecule has 0 fully saturated rings. The van der Waals surface area contributed by atoms with Crippen LogP contribution in [0.25, 0.3) is 0 Å². The van der Waals surface area contributed by atoms with Crippen molar-refractivity contribution in [2.45, 2.75) is 38.4 Å². The van der Waals surface area contributed by atoms with Crippen LogP contribution in [0.1, 0.15) is 31.4 Å². The highest BCUT2D eigenvalue weighted by Crippen LogP contribution is 2.35. The van der Waals surface area contributed by atoms with Gasteiger partial charge in [0.1, 0.15) is 0 Å². The van der Waals surface area contributed by atoms with Gasteiger partial charge in [-0.1, -0.05) is 17.7 Å². The largest absolute Gasteiger partial charge is 0.416 e. The second kappa shape index (κ2) is 4.86. The maximum atomic E-state index is 12.8. The molecule has 0 unspecified atom stereocenters. The van der Waals surface area contributed by atoms with E-state index in [1.54, 1.807) is 13.8 Å². The Hall–Kier alpha value is -0.740. The van der Waals surface area contributed by atoms with Crippen molar-refractivity contribution in [2.75, 3.05) is 0 Å². The second-order valence-electron chi connectivity index (χ2n) is 4.75. The van der Waals surface area contributed by atoms with Gasteiger partial charge in [0.25, 0.3) is 0 Å². The average molecular weight is 266 g/mol. The summed E-state index contributed by atoms with van der Waals surface area (Å²) in [5, 5.41) is 0.143. The summed E-state index contributed by atoms with van der Waals surface area (Å²) < 4.78 is 38.3. The SMILES string of the molecule is CC(C)(N)CCc1c(Cl)cccc1C(F)(F)F. The number of rotatable bonds is 3. The molecule has 0 atom stereocenters. The maximum Gasteiger partial charge on any atom is 0.416 e. The van der Waals surface area contributed by atoms with Crippen LogP contribution in [0.2, 0.25) is 5.02 Å². The highest BCUT2D eigenvalue weighted by Gasteiger charge is 2.34. The van der Waals surface area contributed by atoms with Crippen LogP contribution in [0, 0.1) is 0 Å². The summed E-state index contributed by atoms with van der Waals surface area (Å²) in [5.41, 5.74) is 4.71. The van der Waals surface area contributed by atoms with Crippen LogP contribution in [-0.2, 0) is 12.6 Å². The molecule has 0 aliphatic rings. The Morgan fingerprint density at radius 1 is 1.24 bits per heavy atom. The predicted octanol–water partition coefficient (Wildman–Crippen LogP) is 4.03. The lowest BCUT2D eigenvalue weighted by Crippen LogP contribution is -2.32. The Labute approximate surface area is 104 Å². The standard InChI is InChI=1S/C12H15ClF3N/c1-11(2,17)7-6-8-9(12(14,15)16)4-3-5-10(8)13/h3-5H,6-7,17H2,1-2H3. The minimum Gasteiger partial charge on any atom is -0.326 e. The van der Waals surface area contributed by atoms with Gasteiger partial charge in [0.2, 0.25) is 0 Å². The summed E-state index contributed by atoms with van der Waals surface area (Å²) in [6.45, 7) is 3.55. The van der Waals surface area contributed by atoms with Gasteiger partial charge in [-0.15, -0.1) is 0 Å².